The van der Waals surface area contributed by atoms with E-state index >= 15 is 0 Å². The molecule has 0 atom stereocenters. The average Bonchev–Trinajstić information content (AvgIpc) is 2.38. The highest BCUT2D eigenvalue weighted by molar-refractivity contribution is 7.47. The number of benzene rings is 1. The molecule has 0 fully saturated rings. The molecule has 1 aromatic rings. The van der Waals surface area contributed by atoms with Gasteiger partial charge in [0.2, 0.25) is 0 Å². The summed E-state index contributed by atoms with van der Waals surface area (Å²) in [6.07, 6.45) is 12.7. The van der Waals surface area contributed by atoms with Crippen molar-refractivity contribution >= 4 is 13.9 Å². The van der Waals surface area contributed by atoms with Crippen molar-refractivity contribution in [3.63, 3.8) is 0 Å². The molecule has 95 valence electrons. The molecule has 0 saturated carbocycles. The Morgan fingerprint density at radius 3 is 2.00 bits per heavy atom. The summed E-state index contributed by atoms with van der Waals surface area (Å²) in [4.78, 5) is 0. The molecule has 0 aliphatic carbocycles. The Morgan fingerprint density at radius 1 is 0.765 bits per heavy atom. The van der Waals surface area contributed by atoms with Gasteiger partial charge >= 0.3 is 0 Å². The van der Waals surface area contributed by atoms with Gasteiger partial charge in [-0.05, 0) is 26.5 Å². The summed E-state index contributed by atoms with van der Waals surface area (Å²) >= 11 is 0. The zero-order chi connectivity index (χ0) is 12.2. The van der Waals surface area contributed by atoms with Crippen molar-refractivity contribution in [3.8, 4) is 0 Å². The average molecular weight is 249 g/mol. The van der Waals surface area contributed by atoms with Crippen LogP contribution in [0.1, 0.15) is 58.3 Å². The highest BCUT2D eigenvalue weighted by atomic mass is 31.1. The summed E-state index contributed by atoms with van der Waals surface area (Å²) in [5, 5.41) is 1.47. The third kappa shape index (κ3) is 8.38. The molecule has 0 heterocycles. The quantitative estimate of drug-likeness (QED) is 0.385. The van der Waals surface area contributed by atoms with E-state index in [-0.39, 0.29) is 0 Å². The van der Waals surface area contributed by atoms with Crippen molar-refractivity contribution in [1.29, 1.82) is 0 Å². The van der Waals surface area contributed by atoms with Gasteiger partial charge in [0.25, 0.3) is 0 Å². The Kier molecular flexibility index (Phi) is 9.33. The topological polar surface area (TPSA) is 0 Å². The van der Waals surface area contributed by atoms with Crippen LogP contribution in [0.15, 0.2) is 30.3 Å². The summed E-state index contributed by atoms with van der Waals surface area (Å²) in [5.74, 6) is 0. The van der Waals surface area contributed by atoms with E-state index in [2.05, 4.69) is 37.3 Å². The first-order valence-corrected chi connectivity index (χ1v) is 8.24. The fraction of sp³-hybridized carbons (Fsp3) is 0.625. The molecule has 0 aliphatic rings. The highest BCUT2D eigenvalue weighted by Crippen LogP contribution is 2.15. The SMILES string of the molecule is CCCCCCCCCC[P]c1ccccc1. The molecule has 0 amide bonds. The second-order valence-electron chi connectivity index (χ2n) is 4.69. The molecule has 1 radical (unpaired) electrons. The van der Waals surface area contributed by atoms with Crippen molar-refractivity contribution in [2.24, 2.45) is 0 Å². The summed E-state index contributed by atoms with van der Waals surface area (Å²) in [6.45, 7) is 2.28. The van der Waals surface area contributed by atoms with E-state index in [0.717, 1.165) is 0 Å². The summed E-state index contributed by atoms with van der Waals surface area (Å²) in [5.41, 5.74) is 0. The van der Waals surface area contributed by atoms with Crippen molar-refractivity contribution in [2.75, 3.05) is 6.16 Å². The van der Waals surface area contributed by atoms with Crippen LogP contribution in [0.3, 0.4) is 0 Å². The first-order valence-electron chi connectivity index (χ1n) is 7.16. The molecule has 0 nitrogen and oxygen atoms in total. The van der Waals surface area contributed by atoms with Crippen LogP contribution in [0.4, 0.5) is 0 Å². The Balaban J connectivity index is 1.85. The highest BCUT2D eigenvalue weighted by Gasteiger charge is 1.94. The van der Waals surface area contributed by atoms with Crippen LogP contribution in [-0.4, -0.2) is 6.16 Å². The van der Waals surface area contributed by atoms with Gasteiger partial charge in [0.15, 0.2) is 0 Å². The van der Waals surface area contributed by atoms with Crippen LogP contribution < -0.4 is 5.30 Å². The van der Waals surface area contributed by atoms with Gasteiger partial charge < -0.3 is 0 Å². The molecular formula is C16H26P. The zero-order valence-electron chi connectivity index (χ0n) is 11.2. The van der Waals surface area contributed by atoms with E-state index in [4.69, 9.17) is 0 Å². The van der Waals surface area contributed by atoms with E-state index in [1.807, 2.05) is 0 Å². The largest absolute Gasteiger partial charge is 0.0654 e. The van der Waals surface area contributed by atoms with Crippen LogP contribution in [0, 0.1) is 0 Å². The molecule has 0 bridgehead atoms. The summed E-state index contributed by atoms with van der Waals surface area (Å²) in [6, 6.07) is 10.8. The van der Waals surface area contributed by atoms with E-state index in [1.165, 1.54) is 71.4 Å². The lowest BCUT2D eigenvalue weighted by molar-refractivity contribution is 0.586. The molecule has 0 spiro atoms. The third-order valence-electron chi connectivity index (χ3n) is 3.06. The van der Waals surface area contributed by atoms with Gasteiger partial charge in [-0.15, -0.1) is 0 Å². The van der Waals surface area contributed by atoms with Gasteiger partial charge in [-0.1, -0.05) is 82.2 Å². The molecular weight excluding hydrogens is 223 g/mol. The predicted octanol–water partition coefficient (Wildman–Crippen LogP) is 5.40. The van der Waals surface area contributed by atoms with Crippen molar-refractivity contribution in [2.45, 2.75) is 58.3 Å². The van der Waals surface area contributed by atoms with Crippen molar-refractivity contribution in [1.82, 2.24) is 0 Å². The normalized spacial score (nSPS) is 11.4. The number of rotatable bonds is 10. The minimum atomic E-state index is 1.33. The van der Waals surface area contributed by atoms with Gasteiger partial charge in [-0.2, -0.15) is 0 Å². The van der Waals surface area contributed by atoms with Crippen molar-refractivity contribution in [3.05, 3.63) is 30.3 Å². The maximum atomic E-state index is 2.28. The second-order valence-corrected chi connectivity index (χ2v) is 5.97. The van der Waals surface area contributed by atoms with Gasteiger partial charge in [0, 0.05) is 0 Å². The molecule has 1 aromatic carbocycles. The zero-order valence-corrected chi connectivity index (χ0v) is 12.1. The molecule has 0 aromatic heterocycles. The molecule has 0 unspecified atom stereocenters. The molecule has 0 aliphatic heterocycles. The fourth-order valence-electron chi connectivity index (χ4n) is 1.99. The minimum absolute atomic E-state index is 1.33. The van der Waals surface area contributed by atoms with Gasteiger partial charge in [-0.25, -0.2) is 0 Å². The Bertz CT molecular complexity index is 255. The van der Waals surface area contributed by atoms with Crippen LogP contribution in [0.2, 0.25) is 0 Å². The predicted molar refractivity (Wildman–Crippen MR) is 80.5 cm³/mol. The first kappa shape index (κ1) is 14.7. The molecule has 17 heavy (non-hydrogen) atoms. The fourth-order valence-corrected chi connectivity index (χ4v) is 3.01. The van der Waals surface area contributed by atoms with E-state index in [0.29, 0.717) is 0 Å². The van der Waals surface area contributed by atoms with Crippen LogP contribution in [-0.2, 0) is 0 Å². The summed E-state index contributed by atoms with van der Waals surface area (Å²) < 4.78 is 0. The van der Waals surface area contributed by atoms with Crippen LogP contribution in [0.25, 0.3) is 0 Å². The number of unbranched alkanes of at least 4 members (excludes halogenated alkanes) is 7. The lowest BCUT2D eigenvalue weighted by atomic mass is 10.1. The Morgan fingerprint density at radius 2 is 1.35 bits per heavy atom. The smallest absolute Gasteiger partial charge is 0.0193 e. The molecule has 0 N–H and O–H groups in total. The van der Waals surface area contributed by atoms with Gasteiger partial charge in [0.05, 0.1) is 0 Å². The van der Waals surface area contributed by atoms with E-state index in [9.17, 15) is 0 Å². The van der Waals surface area contributed by atoms with Gasteiger partial charge in [-0.3, -0.25) is 0 Å². The van der Waals surface area contributed by atoms with Gasteiger partial charge in [0.1, 0.15) is 0 Å². The Hall–Kier alpha value is -0.350. The maximum Gasteiger partial charge on any atom is -0.0193 e. The third-order valence-corrected chi connectivity index (χ3v) is 4.27. The lowest BCUT2D eigenvalue weighted by Gasteiger charge is -2.02. The van der Waals surface area contributed by atoms with Crippen molar-refractivity contribution < 1.29 is 0 Å². The van der Waals surface area contributed by atoms with Crippen LogP contribution in [0.5, 0.6) is 0 Å². The number of hydrogen-bond donors (Lipinski definition) is 0. The van der Waals surface area contributed by atoms with E-state index < -0.39 is 0 Å². The second kappa shape index (κ2) is 10.8. The molecule has 1 heteroatoms. The standard InChI is InChI=1S/C16H26P/c1-2-3-4-5-6-7-8-12-15-17-16-13-10-9-11-14-16/h9-11,13-14H,2-8,12,15H2,1H3. The molecule has 0 saturated heterocycles. The number of hydrogen-bond acceptors (Lipinski definition) is 0. The minimum Gasteiger partial charge on any atom is -0.0654 e. The lowest BCUT2D eigenvalue weighted by Crippen LogP contribution is -1.93. The molecule has 1 rings (SSSR count). The van der Waals surface area contributed by atoms with E-state index in [1.54, 1.807) is 0 Å². The summed E-state index contributed by atoms with van der Waals surface area (Å²) in [7, 11) is 1.50. The maximum absolute atomic E-state index is 2.28. The first-order chi connectivity index (χ1) is 8.43. The monoisotopic (exact) mass is 249 g/mol. The Labute approximate surface area is 109 Å². The van der Waals surface area contributed by atoms with Crippen LogP contribution >= 0.6 is 8.58 Å².